The number of H-pyrrole nitrogens is 1. The number of hydrogen-bond donors (Lipinski definition) is 2. The molecule has 0 bridgehead atoms. The van der Waals surface area contributed by atoms with Gasteiger partial charge < -0.3 is 5.11 Å². The summed E-state index contributed by atoms with van der Waals surface area (Å²) >= 11 is 1.11. The Bertz CT molecular complexity index is 612. The Labute approximate surface area is 113 Å². The van der Waals surface area contributed by atoms with E-state index in [0.29, 0.717) is 21.4 Å². The predicted molar refractivity (Wildman–Crippen MR) is 69.0 cm³/mol. The zero-order chi connectivity index (χ0) is 14.0. The molecule has 1 heterocycles. The Morgan fingerprint density at radius 2 is 2.26 bits per heavy atom. The molecule has 8 heteroatoms. The number of aliphatic hydroxyl groups excluding tert-OH is 1. The molecule has 0 saturated heterocycles. The van der Waals surface area contributed by atoms with E-state index in [1.165, 1.54) is 6.07 Å². The number of nitro benzene ring substituents is 1. The number of aromatic amines is 1. The molecule has 19 heavy (non-hydrogen) atoms. The molecule has 7 nitrogen and oxygen atoms in total. The fraction of sp³-hybridized carbons (Fsp3) is 0.273. The average Bonchev–Trinajstić information content (AvgIpc) is 2.74. The average molecular weight is 280 g/mol. The van der Waals surface area contributed by atoms with Crippen LogP contribution in [0, 0.1) is 17.0 Å². The lowest BCUT2D eigenvalue weighted by atomic mass is 10.1. The largest absolute Gasteiger partial charge is 0.389 e. The van der Waals surface area contributed by atoms with Crippen LogP contribution in [0.3, 0.4) is 0 Å². The maximum Gasteiger partial charge on any atom is 0.283 e. The molecular weight excluding hydrogens is 268 g/mol. The van der Waals surface area contributed by atoms with Crippen LogP contribution >= 0.6 is 11.8 Å². The van der Waals surface area contributed by atoms with Crippen LogP contribution in [0.5, 0.6) is 0 Å². The highest BCUT2D eigenvalue weighted by Gasteiger charge is 2.18. The number of aromatic nitrogens is 3. The minimum atomic E-state index is -0.747. The number of rotatable bonds is 4. The molecule has 1 aromatic carbocycles. The summed E-state index contributed by atoms with van der Waals surface area (Å²) in [5.41, 5.74) is 0.438. The monoisotopic (exact) mass is 280 g/mol. The number of nitrogens with one attached hydrogen (secondary N) is 1. The van der Waals surface area contributed by atoms with Crippen LogP contribution in [0.15, 0.2) is 28.3 Å². The van der Waals surface area contributed by atoms with Gasteiger partial charge in [0.25, 0.3) is 5.69 Å². The number of aliphatic hydroxyl groups is 1. The maximum absolute atomic E-state index is 11.1. The number of benzene rings is 1. The number of nitrogens with zero attached hydrogens (tertiary/aromatic N) is 3. The molecule has 0 unspecified atom stereocenters. The standard InChI is InChI=1S/C11H12N4O3S/c1-6(16)8-3-4-10(9(5-8)15(17)18)19-11-12-7(2)13-14-11/h3-6,16H,1-2H3,(H,12,13,14)/t6-/m1/s1. The summed E-state index contributed by atoms with van der Waals surface area (Å²) < 4.78 is 0. The molecule has 2 aromatic rings. The third kappa shape index (κ3) is 3.09. The van der Waals surface area contributed by atoms with Gasteiger partial charge in [-0.1, -0.05) is 6.07 Å². The van der Waals surface area contributed by atoms with Crippen LogP contribution in [-0.4, -0.2) is 25.2 Å². The lowest BCUT2D eigenvalue weighted by Gasteiger charge is -2.06. The highest BCUT2D eigenvalue weighted by atomic mass is 32.2. The van der Waals surface area contributed by atoms with Gasteiger partial charge in [0.1, 0.15) is 5.82 Å². The van der Waals surface area contributed by atoms with Crippen molar-refractivity contribution < 1.29 is 10.0 Å². The van der Waals surface area contributed by atoms with Gasteiger partial charge in [0, 0.05) is 6.07 Å². The molecular formula is C11H12N4O3S. The second-order valence-electron chi connectivity index (χ2n) is 3.97. The van der Waals surface area contributed by atoms with Crippen LogP contribution in [-0.2, 0) is 0 Å². The molecule has 0 aliphatic carbocycles. The van der Waals surface area contributed by atoms with Crippen LogP contribution in [0.25, 0.3) is 0 Å². The first-order chi connectivity index (χ1) is 8.97. The molecule has 0 saturated carbocycles. The molecule has 0 amide bonds. The normalized spacial score (nSPS) is 12.4. The molecule has 0 aliphatic rings. The molecule has 1 atom stereocenters. The van der Waals surface area contributed by atoms with Crippen LogP contribution in [0.2, 0.25) is 0 Å². The van der Waals surface area contributed by atoms with Crippen LogP contribution in [0.1, 0.15) is 24.4 Å². The topological polar surface area (TPSA) is 105 Å². The van der Waals surface area contributed by atoms with Crippen molar-refractivity contribution in [2.45, 2.75) is 30.0 Å². The molecule has 0 aliphatic heterocycles. The minimum Gasteiger partial charge on any atom is -0.389 e. The molecule has 0 spiro atoms. The van der Waals surface area contributed by atoms with Crippen molar-refractivity contribution >= 4 is 17.4 Å². The van der Waals surface area contributed by atoms with Gasteiger partial charge in [0.2, 0.25) is 5.16 Å². The van der Waals surface area contributed by atoms with Crippen molar-refractivity contribution in [3.05, 3.63) is 39.7 Å². The Hall–Kier alpha value is -1.93. The number of hydrogen-bond acceptors (Lipinski definition) is 6. The SMILES string of the molecule is Cc1nc(Sc2ccc([C@@H](C)O)cc2[N+](=O)[O-])n[nH]1. The van der Waals surface area contributed by atoms with Gasteiger partial charge in [-0.15, -0.1) is 5.10 Å². The first-order valence-corrected chi connectivity index (χ1v) is 6.32. The summed E-state index contributed by atoms with van der Waals surface area (Å²) in [6.07, 6.45) is -0.747. The first kappa shape index (κ1) is 13.5. The number of aryl methyl sites for hydroxylation is 1. The van der Waals surface area contributed by atoms with Crippen molar-refractivity contribution in [3.8, 4) is 0 Å². The van der Waals surface area contributed by atoms with E-state index in [-0.39, 0.29) is 5.69 Å². The van der Waals surface area contributed by atoms with Crippen LogP contribution < -0.4 is 0 Å². The molecule has 100 valence electrons. The Morgan fingerprint density at radius 3 is 2.79 bits per heavy atom. The second kappa shape index (κ2) is 5.37. The molecule has 0 fully saturated rings. The molecule has 1 aromatic heterocycles. The van der Waals surface area contributed by atoms with Crippen LogP contribution in [0.4, 0.5) is 5.69 Å². The van der Waals surface area contributed by atoms with Gasteiger partial charge in [-0.25, -0.2) is 4.98 Å². The summed E-state index contributed by atoms with van der Waals surface area (Å²) in [5.74, 6) is 0.644. The lowest BCUT2D eigenvalue weighted by Crippen LogP contribution is -1.96. The van der Waals surface area contributed by atoms with Crippen molar-refractivity contribution in [1.29, 1.82) is 0 Å². The van der Waals surface area contributed by atoms with E-state index in [0.717, 1.165) is 11.8 Å². The van der Waals surface area contributed by atoms with Crippen molar-refractivity contribution in [2.24, 2.45) is 0 Å². The highest BCUT2D eigenvalue weighted by molar-refractivity contribution is 7.99. The zero-order valence-electron chi connectivity index (χ0n) is 10.3. The molecule has 0 radical (unpaired) electrons. The van der Waals surface area contributed by atoms with E-state index in [1.807, 2.05) is 0 Å². The van der Waals surface area contributed by atoms with Gasteiger partial charge in [-0.2, -0.15) is 0 Å². The van der Waals surface area contributed by atoms with Crippen molar-refractivity contribution in [1.82, 2.24) is 15.2 Å². The predicted octanol–water partition coefficient (Wildman–Crippen LogP) is 2.23. The summed E-state index contributed by atoms with van der Waals surface area (Å²) in [5, 5.41) is 27.5. The van der Waals surface area contributed by atoms with E-state index in [9.17, 15) is 15.2 Å². The number of nitro groups is 1. The summed E-state index contributed by atoms with van der Waals surface area (Å²) in [4.78, 5) is 15.1. The molecule has 2 N–H and O–H groups in total. The zero-order valence-corrected chi connectivity index (χ0v) is 11.1. The summed E-state index contributed by atoms with van der Waals surface area (Å²) in [6.45, 7) is 3.31. The van der Waals surface area contributed by atoms with Gasteiger partial charge in [0.05, 0.1) is 15.9 Å². The minimum absolute atomic E-state index is 0.0640. The lowest BCUT2D eigenvalue weighted by molar-refractivity contribution is -0.387. The van der Waals surface area contributed by atoms with E-state index in [4.69, 9.17) is 0 Å². The Kier molecular flexibility index (Phi) is 3.82. The van der Waals surface area contributed by atoms with Crippen molar-refractivity contribution in [3.63, 3.8) is 0 Å². The Morgan fingerprint density at radius 1 is 1.53 bits per heavy atom. The first-order valence-electron chi connectivity index (χ1n) is 5.50. The summed E-state index contributed by atoms with van der Waals surface area (Å²) in [6, 6.07) is 4.61. The fourth-order valence-electron chi connectivity index (χ4n) is 1.49. The van der Waals surface area contributed by atoms with Gasteiger partial charge >= 0.3 is 0 Å². The van der Waals surface area contributed by atoms with E-state index in [2.05, 4.69) is 15.2 Å². The van der Waals surface area contributed by atoms with Gasteiger partial charge in [-0.05, 0) is 37.2 Å². The van der Waals surface area contributed by atoms with E-state index in [1.54, 1.807) is 26.0 Å². The maximum atomic E-state index is 11.1. The molecule has 2 rings (SSSR count). The van der Waals surface area contributed by atoms with Gasteiger partial charge in [0.15, 0.2) is 0 Å². The van der Waals surface area contributed by atoms with E-state index < -0.39 is 11.0 Å². The third-order valence-corrected chi connectivity index (χ3v) is 3.37. The van der Waals surface area contributed by atoms with E-state index >= 15 is 0 Å². The summed E-state index contributed by atoms with van der Waals surface area (Å²) in [7, 11) is 0. The fourth-order valence-corrected chi connectivity index (χ4v) is 2.33. The van der Waals surface area contributed by atoms with Crippen molar-refractivity contribution in [2.75, 3.05) is 0 Å². The Balaban J connectivity index is 2.36. The third-order valence-electron chi connectivity index (χ3n) is 2.44. The highest BCUT2D eigenvalue weighted by Crippen LogP contribution is 2.34. The second-order valence-corrected chi connectivity index (χ2v) is 4.97. The smallest absolute Gasteiger partial charge is 0.283 e. The van der Waals surface area contributed by atoms with Gasteiger partial charge in [-0.3, -0.25) is 15.2 Å². The quantitative estimate of drug-likeness (QED) is 0.657.